The molecule has 0 aliphatic heterocycles. The molecular weight excluding hydrogens is 375 g/mol. The predicted molar refractivity (Wildman–Crippen MR) is 99.1 cm³/mol. The Kier molecular flexibility index (Phi) is 5.34. The van der Waals surface area contributed by atoms with E-state index in [-0.39, 0.29) is 16.5 Å². The topological polar surface area (TPSA) is 75.3 Å². The number of sulfonamides is 1. The second-order valence-corrected chi connectivity index (χ2v) is 8.09. The summed E-state index contributed by atoms with van der Waals surface area (Å²) in [5, 5.41) is 4.68. The number of hydrogen-bond donors (Lipinski definition) is 2. The Morgan fingerprint density at radius 1 is 1.00 bits per heavy atom. The molecule has 0 aliphatic rings. The van der Waals surface area contributed by atoms with Crippen molar-refractivity contribution in [2.45, 2.75) is 11.4 Å². The molecule has 3 rings (SSSR count). The van der Waals surface area contributed by atoms with E-state index in [4.69, 9.17) is 0 Å². The first-order valence-electron chi connectivity index (χ1n) is 7.64. The molecule has 26 heavy (non-hydrogen) atoms. The van der Waals surface area contributed by atoms with Crippen molar-refractivity contribution >= 4 is 33.0 Å². The average Bonchev–Trinajstić information content (AvgIpc) is 3.15. The first kappa shape index (κ1) is 18.1. The van der Waals surface area contributed by atoms with Gasteiger partial charge in [0, 0.05) is 10.4 Å². The van der Waals surface area contributed by atoms with Crippen LogP contribution in [0.4, 0.5) is 10.1 Å². The zero-order valence-corrected chi connectivity index (χ0v) is 15.1. The minimum absolute atomic E-state index is 0.0597. The fraction of sp³-hybridized carbons (Fsp3) is 0.0556. The number of halogens is 1. The Hall–Kier alpha value is -2.71. The Morgan fingerprint density at radius 2 is 1.73 bits per heavy atom. The van der Waals surface area contributed by atoms with E-state index < -0.39 is 15.8 Å². The number of amides is 1. The van der Waals surface area contributed by atoms with E-state index >= 15 is 0 Å². The molecule has 2 N–H and O–H groups in total. The van der Waals surface area contributed by atoms with Crippen molar-refractivity contribution in [3.8, 4) is 0 Å². The molecule has 0 saturated heterocycles. The molecule has 0 bridgehead atoms. The largest absolute Gasteiger partial charge is 0.347 e. The molecule has 134 valence electrons. The number of anilines is 1. The zero-order valence-electron chi connectivity index (χ0n) is 13.5. The van der Waals surface area contributed by atoms with Crippen LogP contribution in [0, 0.1) is 5.82 Å². The molecule has 0 atom stereocenters. The van der Waals surface area contributed by atoms with Crippen LogP contribution in [0.2, 0.25) is 0 Å². The molecule has 8 heteroatoms. The summed E-state index contributed by atoms with van der Waals surface area (Å²) in [5.74, 6) is -0.968. The van der Waals surface area contributed by atoms with Gasteiger partial charge in [0.1, 0.15) is 5.82 Å². The van der Waals surface area contributed by atoms with E-state index in [1.807, 2.05) is 17.5 Å². The summed E-state index contributed by atoms with van der Waals surface area (Å²) < 4.78 is 40.5. The van der Waals surface area contributed by atoms with Gasteiger partial charge in [0.25, 0.3) is 15.9 Å². The van der Waals surface area contributed by atoms with Gasteiger partial charge >= 0.3 is 0 Å². The first-order chi connectivity index (χ1) is 12.5. The van der Waals surface area contributed by atoms with Crippen LogP contribution in [0.5, 0.6) is 0 Å². The van der Waals surface area contributed by atoms with Gasteiger partial charge in [0.15, 0.2) is 0 Å². The van der Waals surface area contributed by atoms with Gasteiger partial charge in [-0.3, -0.25) is 9.52 Å². The number of carbonyl (C=O) groups is 1. The number of rotatable bonds is 6. The summed E-state index contributed by atoms with van der Waals surface area (Å²) in [4.78, 5) is 13.1. The van der Waals surface area contributed by atoms with Crippen molar-refractivity contribution in [3.05, 3.63) is 82.3 Å². The third kappa shape index (κ3) is 4.27. The lowest BCUT2D eigenvalue weighted by Gasteiger charge is -2.09. The normalized spacial score (nSPS) is 11.1. The summed E-state index contributed by atoms with van der Waals surface area (Å²) in [6.07, 6.45) is 0. The third-order valence-electron chi connectivity index (χ3n) is 3.55. The standard InChI is InChI=1S/C18H15FN2O3S2/c19-16-5-1-2-6-17(16)21-26(23,24)15-9-7-13(8-10-15)18(22)20-12-14-4-3-11-25-14/h1-11,21H,12H2,(H,20,22). The predicted octanol–water partition coefficient (Wildman–Crippen LogP) is 3.62. The smallest absolute Gasteiger partial charge is 0.261 e. The Morgan fingerprint density at radius 3 is 2.38 bits per heavy atom. The van der Waals surface area contributed by atoms with Crippen LogP contribution in [0.3, 0.4) is 0 Å². The van der Waals surface area contributed by atoms with Crippen LogP contribution < -0.4 is 10.0 Å². The summed E-state index contributed by atoms with van der Waals surface area (Å²) in [7, 11) is -3.95. The van der Waals surface area contributed by atoms with Crippen LogP contribution in [0.25, 0.3) is 0 Å². The van der Waals surface area contributed by atoms with E-state index in [1.54, 1.807) is 0 Å². The third-order valence-corrected chi connectivity index (χ3v) is 5.81. The van der Waals surface area contributed by atoms with Gasteiger partial charge in [0.05, 0.1) is 17.1 Å². The highest BCUT2D eigenvalue weighted by Crippen LogP contribution is 2.19. The molecule has 1 amide bonds. The molecular formula is C18H15FN2O3S2. The Bertz CT molecular complexity index is 1000. The van der Waals surface area contributed by atoms with Gasteiger partial charge < -0.3 is 5.32 Å². The van der Waals surface area contributed by atoms with Crippen LogP contribution in [0.1, 0.15) is 15.2 Å². The van der Waals surface area contributed by atoms with Crippen LogP contribution >= 0.6 is 11.3 Å². The van der Waals surface area contributed by atoms with E-state index in [9.17, 15) is 17.6 Å². The van der Waals surface area contributed by atoms with Gasteiger partial charge in [-0.1, -0.05) is 18.2 Å². The minimum atomic E-state index is -3.95. The fourth-order valence-corrected chi connectivity index (χ4v) is 3.93. The molecule has 1 heterocycles. The number of carbonyl (C=O) groups excluding carboxylic acids is 1. The van der Waals surface area contributed by atoms with Crippen molar-refractivity contribution in [1.82, 2.24) is 5.32 Å². The Balaban J connectivity index is 1.70. The number of hydrogen-bond acceptors (Lipinski definition) is 4. The second-order valence-electron chi connectivity index (χ2n) is 5.37. The van der Waals surface area contributed by atoms with Crippen molar-refractivity contribution in [1.29, 1.82) is 0 Å². The summed E-state index contributed by atoms with van der Waals surface area (Å²) in [6.45, 7) is 0.408. The highest BCUT2D eigenvalue weighted by atomic mass is 32.2. The lowest BCUT2D eigenvalue weighted by molar-refractivity contribution is 0.0951. The fourth-order valence-electron chi connectivity index (χ4n) is 2.22. The maximum Gasteiger partial charge on any atom is 0.261 e. The molecule has 5 nitrogen and oxygen atoms in total. The molecule has 0 unspecified atom stereocenters. The molecule has 0 saturated carbocycles. The van der Waals surface area contributed by atoms with E-state index in [2.05, 4.69) is 10.0 Å². The average molecular weight is 390 g/mol. The number of para-hydroxylation sites is 1. The van der Waals surface area contributed by atoms with Gasteiger partial charge in [-0.05, 0) is 47.8 Å². The lowest BCUT2D eigenvalue weighted by Crippen LogP contribution is -2.22. The number of thiophene rings is 1. The summed E-state index contributed by atoms with van der Waals surface area (Å²) in [6, 6.07) is 14.8. The number of benzene rings is 2. The van der Waals surface area contributed by atoms with Crippen molar-refractivity contribution in [2.24, 2.45) is 0 Å². The number of nitrogens with one attached hydrogen (secondary N) is 2. The lowest BCUT2D eigenvalue weighted by atomic mass is 10.2. The van der Waals surface area contributed by atoms with Crippen molar-refractivity contribution < 1.29 is 17.6 Å². The molecule has 1 aromatic heterocycles. The molecule has 0 fully saturated rings. The Labute approximate surface area is 154 Å². The van der Waals surface area contributed by atoms with Gasteiger partial charge in [-0.15, -0.1) is 11.3 Å². The van der Waals surface area contributed by atoms with Gasteiger partial charge in [-0.25, -0.2) is 12.8 Å². The van der Waals surface area contributed by atoms with Gasteiger partial charge in [-0.2, -0.15) is 0 Å². The SMILES string of the molecule is O=C(NCc1cccs1)c1ccc(S(=O)(=O)Nc2ccccc2F)cc1. The van der Waals surface area contributed by atoms with Crippen molar-refractivity contribution in [3.63, 3.8) is 0 Å². The molecule has 0 radical (unpaired) electrons. The maximum atomic E-state index is 13.6. The molecule has 0 aliphatic carbocycles. The van der Waals surface area contributed by atoms with E-state index in [0.717, 1.165) is 4.88 Å². The van der Waals surface area contributed by atoms with Crippen molar-refractivity contribution in [2.75, 3.05) is 4.72 Å². The highest BCUT2D eigenvalue weighted by molar-refractivity contribution is 7.92. The quantitative estimate of drug-likeness (QED) is 0.675. The zero-order chi connectivity index (χ0) is 18.6. The van der Waals surface area contributed by atoms with E-state index in [0.29, 0.717) is 12.1 Å². The molecule has 3 aromatic rings. The maximum absolute atomic E-state index is 13.6. The van der Waals surface area contributed by atoms with Gasteiger partial charge in [0.2, 0.25) is 0 Å². The molecule has 0 spiro atoms. The minimum Gasteiger partial charge on any atom is -0.347 e. The van der Waals surface area contributed by atoms with E-state index in [1.165, 1.54) is 59.9 Å². The monoisotopic (exact) mass is 390 g/mol. The molecule has 2 aromatic carbocycles. The van der Waals surface area contributed by atoms with Crippen LogP contribution in [-0.2, 0) is 16.6 Å². The second kappa shape index (κ2) is 7.67. The first-order valence-corrected chi connectivity index (χ1v) is 10.00. The summed E-state index contributed by atoms with van der Waals surface area (Å²) in [5.41, 5.74) is 0.205. The highest BCUT2D eigenvalue weighted by Gasteiger charge is 2.17. The van der Waals surface area contributed by atoms with Crippen LogP contribution in [0.15, 0.2) is 70.9 Å². The van der Waals surface area contributed by atoms with Crippen LogP contribution in [-0.4, -0.2) is 14.3 Å². The summed E-state index contributed by atoms with van der Waals surface area (Å²) >= 11 is 1.54.